The molecule has 0 spiro atoms. The minimum atomic E-state index is -0.453. The van der Waals surface area contributed by atoms with Crippen LogP contribution in [0.5, 0.6) is 0 Å². The van der Waals surface area contributed by atoms with Crippen LogP contribution >= 0.6 is 0 Å². The van der Waals surface area contributed by atoms with E-state index in [0.717, 1.165) is 16.8 Å². The molecule has 0 unspecified atom stereocenters. The first kappa shape index (κ1) is 17.9. The number of hydrogen-bond acceptors (Lipinski definition) is 3. The number of likely N-dealkylation sites (N-methyl/N-ethyl adjacent to an activating group) is 1. The number of hydrogen-bond donors (Lipinski definition) is 1. The highest BCUT2D eigenvalue weighted by Crippen LogP contribution is 2.37. The van der Waals surface area contributed by atoms with Crippen molar-refractivity contribution in [2.24, 2.45) is 5.10 Å². The number of allylic oxidation sites excluding steroid dienone is 1. The van der Waals surface area contributed by atoms with Gasteiger partial charge in [-0.2, -0.15) is 5.10 Å². The summed E-state index contributed by atoms with van der Waals surface area (Å²) in [5, 5.41) is 3.99. The summed E-state index contributed by atoms with van der Waals surface area (Å²) in [5.41, 5.74) is 7.02. The number of anilines is 1. The molecule has 1 N–H and O–H groups in total. The highest BCUT2D eigenvalue weighted by Gasteiger charge is 2.28. The summed E-state index contributed by atoms with van der Waals surface area (Å²) in [6.07, 6.45) is 3.83. The van der Waals surface area contributed by atoms with E-state index >= 15 is 0 Å². The van der Waals surface area contributed by atoms with Crippen molar-refractivity contribution in [2.45, 2.75) is 26.3 Å². The molecule has 2 aromatic rings. The van der Waals surface area contributed by atoms with E-state index < -0.39 is 11.7 Å². The summed E-state index contributed by atoms with van der Waals surface area (Å²) in [5.74, 6) is -0.901. The third-order valence-corrected chi connectivity index (χ3v) is 4.71. The number of carbonyl (C=O) groups excluding carboxylic acids is 1. The molecule has 1 aliphatic rings. The van der Waals surface area contributed by atoms with Crippen LogP contribution in [0.4, 0.5) is 10.1 Å². The predicted octanol–water partition coefficient (Wildman–Crippen LogP) is 4.22. The third-order valence-electron chi connectivity index (χ3n) is 4.71. The molecular formula is C21H22FN3O. The molecule has 1 heterocycles. The Hall–Kier alpha value is -2.95. The Labute approximate surface area is 153 Å². The Morgan fingerprint density at radius 3 is 2.73 bits per heavy atom. The van der Waals surface area contributed by atoms with Crippen molar-refractivity contribution in [3.63, 3.8) is 0 Å². The molecule has 0 saturated carbocycles. The number of benzene rings is 2. The fourth-order valence-electron chi connectivity index (χ4n) is 3.12. The first-order valence-corrected chi connectivity index (χ1v) is 8.44. The van der Waals surface area contributed by atoms with Gasteiger partial charge >= 0.3 is 0 Å². The van der Waals surface area contributed by atoms with Crippen molar-refractivity contribution >= 4 is 23.4 Å². The zero-order valence-electron chi connectivity index (χ0n) is 15.4. The molecule has 0 atom stereocenters. The number of fused-ring (bicyclic) bond motifs is 1. The fraction of sp³-hybridized carbons (Fsp3) is 0.238. The molecule has 1 aliphatic heterocycles. The minimum absolute atomic E-state index is 0.0361. The second kappa shape index (κ2) is 6.75. The van der Waals surface area contributed by atoms with Gasteiger partial charge in [0, 0.05) is 23.9 Å². The second-order valence-corrected chi connectivity index (χ2v) is 7.03. The number of rotatable bonds is 3. The van der Waals surface area contributed by atoms with Gasteiger partial charge in [0.2, 0.25) is 0 Å². The summed E-state index contributed by atoms with van der Waals surface area (Å²) in [6, 6.07) is 11.6. The Kier molecular flexibility index (Phi) is 4.64. The van der Waals surface area contributed by atoms with Crippen molar-refractivity contribution < 1.29 is 9.18 Å². The average molecular weight is 351 g/mol. The molecule has 1 amide bonds. The van der Waals surface area contributed by atoms with E-state index in [1.165, 1.54) is 23.8 Å². The van der Waals surface area contributed by atoms with Crippen molar-refractivity contribution in [3.05, 3.63) is 71.0 Å². The Bertz CT molecular complexity index is 915. The van der Waals surface area contributed by atoms with Gasteiger partial charge in [0.1, 0.15) is 5.82 Å². The van der Waals surface area contributed by atoms with Crippen LogP contribution in [-0.4, -0.2) is 24.7 Å². The van der Waals surface area contributed by atoms with Gasteiger partial charge in [-0.3, -0.25) is 4.79 Å². The standard InChI is InChI=1S/C21H22FN3O/c1-14-12-21(2,3)25(4)19-9-8-15(10-18(14)19)13-23-24-20(26)16-6-5-7-17(22)11-16/h5-13H,1-4H3,(H,24,26)/b23-13+. The van der Waals surface area contributed by atoms with Crippen LogP contribution in [0, 0.1) is 5.82 Å². The second-order valence-electron chi connectivity index (χ2n) is 7.03. The number of nitrogens with one attached hydrogen (secondary N) is 1. The lowest BCUT2D eigenvalue weighted by molar-refractivity contribution is 0.0954. The molecule has 0 fully saturated rings. The lowest BCUT2D eigenvalue weighted by atomic mass is 9.89. The topological polar surface area (TPSA) is 44.7 Å². The van der Waals surface area contributed by atoms with Gasteiger partial charge in [-0.15, -0.1) is 0 Å². The number of hydrazone groups is 1. The summed E-state index contributed by atoms with van der Waals surface area (Å²) in [7, 11) is 2.08. The fourth-order valence-corrected chi connectivity index (χ4v) is 3.12. The molecule has 0 aliphatic carbocycles. The number of halogens is 1. The van der Waals surface area contributed by atoms with Crippen molar-refractivity contribution in [3.8, 4) is 0 Å². The lowest BCUT2D eigenvalue weighted by Gasteiger charge is -2.40. The third kappa shape index (κ3) is 3.52. The zero-order valence-corrected chi connectivity index (χ0v) is 15.4. The van der Waals surface area contributed by atoms with Crippen LogP contribution in [0.15, 0.2) is 53.6 Å². The van der Waals surface area contributed by atoms with E-state index in [0.29, 0.717) is 0 Å². The van der Waals surface area contributed by atoms with Gasteiger partial charge in [-0.05, 0) is 62.2 Å². The number of nitrogens with zero attached hydrogens (tertiary/aromatic N) is 2. The maximum atomic E-state index is 13.2. The normalized spacial score (nSPS) is 15.6. The van der Waals surface area contributed by atoms with Gasteiger partial charge in [0.05, 0.1) is 11.8 Å². The van der Waals surface area contributed by atoms with Crippen molar-refractivity contribution in [2.75, 3.05) is 11.9 Å². The van der Waals surface area contributed by atoms with Gasteiger partial charge in [0.25, 0.3) is 5.91 Å². The van der Waals surface area contributed by atoms with Crippen molar-refractivity contribution in [1.29, 1.82) is 0 Å². The van der Waals surface area contributed by atoms with E-state index in [-0.39, 0.29) is 11.1 Å². The van der Waals surface area contributed by atoms with Crippen LogP contribution in [-0.2, 0) is 0 Å². The van der Waals surface area contributed by atoms with E-state index in [9.17, 15) is 9.18 Å². The Balaban J connectivity index is 1.77. The average Bonchev–Trinajstić information content (AvgIpc) is 2.59. The van der Waals surface area contributed by atoms with Gasteiger partial charge in [-0.25, -0.2) is 9.82 Å². The number of amides is 1. The maximum absolute atomic E-state index is 13.2. The molecule has 134 valence electrons. The van der Waals surface area contributed by atoms with Crippen LogP contribution in [0.25, 0.3) is 5.57 Å². The molecule has 0 aromatic heterocycles. The van der Waals surface area contributed by atoms with Crippen LogP contribution in [0.3, 0.4) is 0 Å². The van der Waals surface area contributed by atoms with E-state index in [2.05, 4.69) is 55.4 Å². The summed E-state index contributed by atoms with van der Waals surface area (Å²) in [6.45, 7) is 6.45. The van der Waals surface area contributed by atoms with Crippen LogP contribution in [0.2, 0.25) is 0 Å². The largest absolute Gasteiger partial charge is 0.366 e. The quantitative estimate of drug-likeness (QED) is 0.665. The molecule has 0 saturated heterocycles. The highest BCUT2D eigenvalue weighted by molar-refractivity contribution is 5.95. The van der Waals surface area contributed by atoms with E-state index in [1.54, 1.807) is 12.3 Å². The van der Waals surface area contributed by atoms with Gasteiger partial charge in [-0.1, -0.05) is 18.2 Å². The Morgan fingerprint density at radius 1 is 1.23 bits per heavy atom. The van der Waals surface area contributed by atoms with E-state index in [4.69, 9.17) is 0 Å². The molecule has 0 bridgehead atoms. The lowest BCUT2D eigenvalue weighted by Crippen LogP contribution is -2.42. The van der Waals surface area contributed by atoms with Crippen molar-refractivity contribution in [1.82, 2.24) is 5.43 Å². The smallest absolute Gasteiger partial charge is 0.271 e. The predicted molar refractivity (Wildman–Crippen MR) is 104 cm³/mol. The molecule has 3 rings (SSSR count). The summed E-state index contributed by atoms with van der Waals surface area (Å²) in [4.78, 5) is 14.2. The van der Waals surface area contributed by atoms with Crippen LogP contribution in [0.1, 0.15) is 42.3 Å². The molecule has 2 aromatic carbocycles. The molecule has 4 nitrogen and oxygen atoms in total. The zero-order chi connectivity index (χ0) is 18.9. The SMILES string of the molecule is CC1=CC(C)(C)N(C)c2ccc(/C=N/NC(=O)c3cccc(F)c3)cc21. The summed E-state index contributed by atoms with van der Waals surface area (Å²) >= 11 is 0. The Morgan fingerprint density at radius 2 is 2.00 bits per heavy atom. The van der Waals surface area contributed by atoms with Gasteiger partial charge in [0.15, 0.2) is 0 Å². The van der Waals surface area contributed by atoms with Gasteiger partial charge < -0.3 is 4.90 Å². The summed E-state index contributed by atoms with van der Waals surface area (Å²) < 4.78 is 13.2. The molecule has 26 heavy (non-hydrogen) atoms. The number of carbonyl (C=O) groups is 1. The molecular weight excluding hydrogens is 329 g/mol. The first-order valence-electron chi connectivity index (χ1n) is 8.44. The first-order chi connectivity index (χ1) is 12.3. The maximum Gasteiger partial charge on any atom is 0.271 e. The minimum Gasteiger partial charge on any atom is -0.366 e. The highest BCUT2D eigenvalue weighted by atomic mass is 19.1. The molecule has 0 radical (unpaired) electrons. The van der Waals surface area contributed by atoms with E-state index in [1.807, 2.05) is 12.1 Å². The monoisotopic (exact) mass is 351 g/mol. The van der Waals surface area contributed by atoms with Crippen LogP contribution < -0.4 is 10.3 Å². The molecule has 5 heteroatoms.